The molecule has 1 N–H and O–H groups in total. The van der Waals surface area contributed by atoms with E-state index in [0.29, 0.717) is 0 Å². The van der Waals surface area contributed by atoms with Crippen LogP contribution < -0.4 is 10.2 Å². The maximum absolute atomic E-state index is 4.28. The van der Waals surface area contributed by atoms with Crippen LogP contribution in [0.3, 0.4) is 0 Å². The first-order chi connectivity index (χ1) is 9.35. The summed E-state index contributed by atoms with van der Waals surface area (Å²) >= 11 is 0. The van der Waals surface area contributed by atoms with E-state index >= 15 is 0 Å². The number of hydrogen-bond donors (Lipinski definition) is 1. The lowest BCUT2D eigenvalue weighted by molar-refractivity contribution is 0.459. The van der Waals surface area contributed by atoms with Crippen molar-refractivity contribution in [1.29, 1.82) is 0 Å². The molecule has 1 aliphatic rings. The second-order valence-electron chi connectivity index (χ2n) is 5.48. The monoisotopic (exact) mass is 261 g/mol. The van der Waals surface area contributed by atoms with Gasteiger partial charge in [0.1, 0.15) is 0 Å². The van der Waals surface area contributed by atoms with E-state index in [0.717, 1.165) is 19.0 Å². The number of nitrogens with zero attached hydrogens (tertiary/aromatic N) is 2. The van der Waals surface area contributed by atoms with E-state index in [1.54, 1.807) is 0 Å². The molecule has 1 aromatic heterocycles. The molecule has 0 amide bonds. The Bertz CT molecular complexity index is 378. The highest BCUT2D eigenvalue weighted by Gasteiger charge is 2.17. The highest BCUT2D eigenvalue weighted by atomic mass is 15.1. The van der Waals surface area contributed by atoms with Gasteiger partial charge in [0.25, 0.3) is 0 Å². The lowest BCUT2D eigenvalue weighted by Crippen LogP contribution is -2.26. The molecule has 0 radical (unpaired) electrons. The van der Waals surface area contributed by atoms with E-state index in [1.165, 1.54) is 50.0 Å². The van der Waals surface area contributed by atoms with Gasteiger partial charge in [-0.3, -0.25) is 4.98 Å². The lowest BCUT2D eigenvalue weighted by atomic mass is 9.98. The quantitative estimate of drug-likeness (QED) is 0.882. The lowest BCUT2D eigenvalue weighted by Gasteiger charge is -2.25. The first-order valence-electron chi connectivity index (χ1n) is 7.73. The summed E-state index contributed by atoms with van der Waals surface area (Å²) in [5.74, 6) is 0.920. The smallest absolute Gasteiger partial charge is 0.0442 e. The molecule has 1 aromatic rings. The summed E-state index contributed by atoms with van der Waals surface area (Å²) in [4.78, 5) is 6.84. The first kappa shape index (κ1) is 14.3. The first-order valence-corrected chi connectivity index (χ1v) is 7.73. The molecule has 2 heterocycles. The van der Waals surface area contributed by atoms with Gasteiger partial charge in [-0.15, -0.1) is 0 Å². The third kappa shape index (κ3) is 3.93. The van der Waals surface area contributed by atoms with Gasteiger partial charge in [-0.1, -0.05) is 20.3 Å². The maximum Gasteiger partial charge on any atom is 0.0442 e. The fourth-order valence-corrected chi connectivity index (χ4v) is 2.94. The average Bonchev–Trinajstić information content (AvgIpc) is 2.70. The molecule has 0 bridgehead atoms. The minimum absolute atomic E-state index is 0.920. The van der Waals surface area contributed by atoms with Crippen molar-refractivity contribution >= 4 is 5.69 Å². The Hall–Kier alpha value is -1.09. The molecule has 1 saturated heterocycles. The molecule has 1 fully saturated rings. The zero-order valence-corrected chi connectivity index (χ0v) is 12.4. The molecule has 3 heteroatoms. The zero-order chi connectivity index (χ0) is 13.5. The average molecular weight is 261 g/mol. The zero-order valence-electron chi connectivity index (χ0n) is 12.4. The highest BCUT2D eigenvalue weighted by Crippen LogP contribution is 2.26. The number of hydrogen-bond acceptors (Lipinski definition) is 3. The minimum Gasteiger partial charge on any atom is -0.371 e. The second-order valence-corrected chi connectivity index (χ2v) is 5.48. The van der Waals surface area contributed by atoms with Gasteiger partial charge in [-0.2, -0.15) is 0 Å². The van der Waals surface area contributed by atoms with Crippen LogP contribution >= 0.6 is 0 Å². The minimum atomic E-state index is 0.920. The molecule has 0 aliphatic carbocycles. The van der Waals surface area contributed by atoms with E-state index in [2.05, 4.69) is 35.1 Å². The summed E-state index contributed by atoms with van der Waals surface area (Å²) in [6.45, 7) is 8.79. The molecule has 19 heavy (non-hydrogen) atoms. The van der Waals surface area contributed by atoms with Crippen LogP contribution in [0.1, 0.15) is 45.1 Å². The normalized spacial score (nSPS) is 20.3. The third-order valence-electron chi connectivity index (χ3n) is 4.21. The Morgan fingerprint density at radius 1 is 1.32 bits per heavy atom. The van der Waals surface area contributed by atoms with Crippen LogP contribution in [0.4, 0.5) is 5.69 Å². The molecule has 0 saturated carbocycles. The van der Waals surface area contributed by atoms with Crippen LogP contribution in [0.15, 0.2) is 18.5 Å². The summed E-state index contributed by atoms with van der Waals surface area (Å²) in [5.41, 5.74) is 2.71. The van der Waals surface area contributed by atoms with Gasteiger partial charge in [0.05, 0.1) is 0 Å². The van der Waals surface area contributed by atoms with Gasteiger partial charge in [0, 0.05) is 43.3 Å². The molecule has 1 aliphatic heterocycles. The number of rotatable bonds is 5. The van der Waals surface area contributed by atoms with Crippen molar-refractivity contribution in [2.24, 2.45) is 5.92 Å². The van der Waals surface area contributed by atoms with Gasteiger partial charge < -0.3 is 10.2 Å². The number of pyridine rings is 1. The Morgan fingerprint density at radius 3 is 3.00 bits per heavy atom. The van der Waals surface area contributed by atoms with Crippen molar-refractivity contribution in [3.05, 3.63) is 24.0 Å². The van der Waals surface area contributed by atoms with Crippen molar-refractivity contribution in [2.75, 3.05) is 24.5 Å². The van der Waals surface area contributed by atoms with E-state index in [1.807, 2.05) is 12.4 Å². The highest BCUT2D eigenvalue weighted by molar-refractivity contribution is 5.52. The van der Waals surface area contributed by atoms with Crippen molar-refractivity contribution < 1.29 is 0 Å². The maximum atomic E-state index is 4.28. The molecule has 106 valence electrons. The van der Waals surface area contributed by atoms with Crippen molar-refractivity contribution in [2.45, 2.75) is 46.1 Å². The van der Waals surface area contributed by atoms with Crippen LogP contribution in [0.2, 0.25) is 0 Å². The predicted octanol–water partition coefficient (Wildman–Crippen LogP) is 3.21. The van der Waals surface area contributed by atoms with E-state index in [4.69, 9.17) is 0 Å². The second kappa shape index (κ2) is 7.49. The summed E-state index contributed by atoms with van der Waals surface area (Å²) in [6, 6.07) is 2.18. The van der Waals surface area contributed by atoms with Gasteiger partial charge in [-0.25, -0.2) is 0 Å². The standard InChI is InChI=1S/C16H27N3/c1-3-14-6-5-10-19(11-8-14)16-7-9-18-13-15(16)12-17-4-2/h7,9,13-14,17H,3-6,8,10-12H2,1-2H3. The topological polar surface area (TPSA) is 28.2 Å². The summed E-state index contributed by atoms with van der Waals surface area (Å²) in [5, 5.41) is 3.41. The molecule has 2 rings (SSSR count). The van der Waals surface area contributed by atoms with Crippen molar-refractivity contribution in [3.63, 3.8) is 0 Å². The third-order valence-corrected chi connectivity index (χ3v) is 4.21. The largest absolute Gasteiger partial charge is 0.371 e. The van der Waals surface area contributed by atoms with E-state index in [-0.39, 0.29) is 0 Å². The Kier molecular flexibility index (Phi) is 5.64. The number of nitrogens with one attached hydrogen (secondary N) is 1. The Labute approximate surface area is 117 Å². The molecule has 0 spiro atoms. The molecule has 1 unspecified atom stereocenters. The van der Waals surface area contributed by atoms with Crippen LogP contribution in [-0.2, 0) is 6.54 Å². The predicted molar refractivity (Wildman–Crippen MR) is 81.5 cm³/mol. The van der Waals surface area contributed by atoms with Gasteiger partial charge >= 0.3 is 0 Å². The van der Waals surface area contributed by atoms with Gasteiger partial charge in [0.2, 0.25) is 0 Å². The van der Waals surface area contributed by atoms with E-state index in [9.17, 15) is 0 Å². The fraction of sp³-hybridized carbons (Fsp3) is 0.688. The van der Waals surface area contributed by atoms with Crippen molar-refractivity contribution in [1.82, 2.24) is 10.3 Å². The number of aromatic nitrogens is 1. The fourth-order valence-electron chi connectivity index (χ4n) is 2.94. The van der Waals surface area contributed by atoms with Gasteiger partial charge in [-0.05, 0) is 37.8 Å². The molecule has 0 aromatic carbocycles. The molecular weight excluding hydrogens is 234 g/mol. The summed E-state index contributed by atoms with van der Waals surface area (Å²) < 4.78 is 0. The Balaban J connectivity index is 2.07. The number of anilines is 1. The SMILES string of the molecule is CCNCc1cnccc1N1CCCC(CC)CC1. The summed E-state index contributed by atoms with van der Waals surface area (Å²) in [7, 11) is 0. The van der Waals surface area contributed by atoms with Crippen LogP contribution in [0, 0.1) is 5.92 Å². The van der Waals surface area contributed by atoms with E-state index < -0.39 is 0 Å². The van der Waals surface area contributed by atoms with Crippen LogP contribution in [0.5, 0.6) is 0 Å². The van der Waals surface area contributed by atoms with Crippen LogP contribution in [-0.4, -0.2) is 24.6 Å². The molecule has 3 nitrogen and oxygen atoms in total. The molecular formula is C16H27N3. The Morgan fingerprint density at radius 2 is 2.21 bits per heavy atom. The van der Waals surface area contributed by atoms with Crippen LogP contribution in [0.25, 0.3) is 0 Å². The van der Waals surface area contributed by atoms with Crippen molar-refractivity contribution in [3.8, 4) is 0 Å². The molecule has 1 atom stereocenters. The summed E-state index contributed by atoms with van der Waals surface area (Å²) in [6.07, 6.45) is 9.31. The van der Waals surface area contributed by atoms with Gasteiger partial charge in [0.15, 0.2) is 0 Å².